The highest BCUT2D eigenvalue weighted by Crippen LogP contribution is 2.41. The molecule has 0 amide bonds. The van der Waals surface area contributed by atoms with Crippen LogP contribution in [0.2, 0.25) is 0 Å². The number of aliphatic hydroxyl groups excluding tert-OH is 1. The molecule has 0 spiro atoms. The molecule has 0 heterocycles. The van der Waals surface area contributed by atoms with Crippen molar-refractivity contribution in [2.45, 2.75) is 96.8 Å². The van der Waals surface area contributed by atoms with Gasteiger partial charge >= 0.3 is 11.9 Å². The summed E-state index contributed by atoms with van der Waals surface area (Å²) in [5, 5.41) is 9.17. The van der Waals surface area contributed by atoms with E-state index in [2.05, 4.69) is 93.7 Å². The molecule has 1 fully saturated rings. The number of ether oxygens (including phenoxy) is 2. The van der Waals surface area contributed by atoms with Crippen molar-refractivity contribution in [3.05, 3.63) is 119 Å². The van der Waals surface area contributed by atoms with Crippen molar-refractivity contribution in [1.29, 1.82) is 0 Å². The molecule has 1 atom stereocenters. The smallest absolute Gasteiger partial charge is 0.335 e. The molecule has 48 heavy (non-hydrogen) atoms. The molecule has 1 aliphatic carbocycles. The van der Waals surface area contributed by atoms with Crippen LogP contribution in [0.25, 0.3) is 11.1 Å². The first-order valence-electron chi connectivity index (χ1n) is 17.8. The summed E-state index contributed by atoms with van der Waals surface area (Å²) in [5.41, 5.74) is 9.77. The quantitative estimate of drug-likeness (QED) is 0.0895. The van der Waals surface area contributed by atoms with Crippen LogP contribution in [0.4, 0.5) is 0 Å². The van der Waals surface area contributed by atoms with Crippen molar-refractivity contribution in [3.8, 4) is 11.1 Å². The van der Waals surface area contributed by atoms with Gasteiger partial charge in [-0.25, -0.2) is 9.59 Å². The topological polar surface area (TPSA) is 72.8 Å². The molecule has 0 saturated heterocycles. The Labute approximate surface area is 288 Å². The molecule has 0 aliphatic heterocycles. The minimum atomic E-state index is -0.649. The summed E-state index contributed by atoms with van der Waals surface area (Å²) in [7, 11) is 0. The minimum Gasteiger partial charge on any atom is -0.462 e. The molecule has 0 radical (unpaired) electrons. The van der Waals surface area contributed by atoms with Crippen LogP contribution in [0, 0.1) is 5.92 Å². The molecular weight excluding hydrogens is 596 g/mol. The number of carbonyl (C=O) groups excluding carboxylic acids is 2. The number of benzene rings is 3. The maximum Gasteiger partial charge on any atom is 0.335 e. The van der Waals surface area contributed by atoms with Crippen molar-refractivity contribution in [3.63, 3.8) is 0 Å². The lowest BCUT2D eigenvalue weighted by molar-refractivity contribution is -0.144. The minimum absolute atomic E-state index is 0.00628. The van der Waals surface area contributed by atoms with Crippen LogP contribution in [0.1, 0.15) is 105 Å². The van der Waals surface area contributed by atoms with E-state index in [1.165, 1.54) is 65.5 Å². The van der Waals surface area contributed by atoms with Crippen LogP contribution in [0.15, 0.2) is 91.0 Å². The van der Waals surface area contributed by atoms with Gasteiger partial charge in [-0.05, 0) is 109 Å². The zero-order chi connectivity index (χ0) is 34.5. The Morgan fingerprint density at radius 2 is 1.38 bits per heavy atom. The Kier molecular flexibility index (Phi) is 14.2. The van der Waals surface area contributed by atoms with Crippen LogP contribution < -0.4 is 0 Å². The Bertz CT molecular complexity index is 1510. The normalized spacial score (nSPS) is 16.6. The standard InChI is InChI=1S/C43H54O5/c1-6-8-9-10-32-11-17-39(18-12-32)41-24-23-40(26-35(41)7-2)38-21-19-37(20-22-38)36-15-13-33(14-16-36)25-34(28-47-42(45)30(3)4)29-48-43(46)31(5)27-44/h11-18,23-24,26,34,37-38,44H,3,5-10,19-22,25,27-29H2,1-2,4H3. The number of hydrogen-bond donors (Lipinski definition) is 1. The van der Waals surface area contributed by atoms with Gasteiger partial charge < -0.3 is 14.6 Å². The van der Waals surface area contributed by atoms with Gasteiger partial charge in [0.15, 0.2) is 0 Å². The zero-order valence-corrected chi connectivity index (χ0v) is 29.3. The van der Waals surface area contributed by atoms with E-state index in [0.717, 1.165) is 31.2 Å². The zero-order valence-electron chi connectivity index (χ0n) is 29.3. The summed E-state index contributed by atoms with van der Waals surface area (Å²) in [6.07, 6.45) is 11.3. The van der Waals surface area contributed by atoms with Crippen LogP contribution in [-0.2, 0) is 38.3 Å². The largest absolute Gasteiger partial charge is 0.462 e. The maximum atomic E-state index is 12.1. The van der Waals surface area contributed by atoms with E-state index in [9.17, 15) is 14.7 Å². The Morgan fingerprint density at radius 1 is 0.792 bits per heavy atom. The molecule has 5 nitrogen and oxygen atoms in total. The summed E-state index contributed by atoms with van der Waals surface area (Å²) in [6, 6.07) is 25.1. The van der Waals surface area contributed by atoms with Gasteiger partial charge in [-0.3, -0.25) is 0 Å². The van der Waals surface area contributed by atoms with E-state index in [1.807, 2.05) is 0 Å². The van der Waals surface area contributed by atoms with Gasteiger partial charge in [0.2, 0.25) is 0 Å². The van der Waals surface area contributed by atoms with E-state index in [0.29, 0.717) is 23.8 Å². The van der Waals surface area contributed by atoms with E-state index in [-0.39, 0.29) is 24.7 Å². The lowest BCUT2D eigenvalue weighted by Crippen LogP contribution is -2.24. The highest BCUT2D eigenvalue weighted by Gasteiger charge is 2.24. The number of carbonyl (C=O) groups is 2. The van der Waals surface area contributed by atoms with Gasteiger partial charge in [-0.2, -0.15) is 0 Å². The number of aliphatic hydroxyl groups is 1. The Hall–Kier alpha value is -3.96. The molecule has 5 heteroatoms. The second kappa shape index (κ2) is 18.5. The van der Waals surface area contributed by atoms with Crippen molar-refractivity contribution < 1.29 is 24.2 Å². The summed E-state index contributed by atoms with van der Waals surface area (Å²) in [6.45, 7) is 13.0. The van der Waals surface area contributed by atoms with E-state index < -0.39 is 18.5 Å². The molecule has 3 aromatic rings. The van der Waals surface area contributed by atoms with Crippen molar-refractivity contribution in [1.82, 2.24) is 0 Å². The first kappa shape index (κ1) is 36.9. The molecule has 4 rings (SSSR count). The lowest BCUT2D eigenvalue weighted by Gasteiger charge is -2.30. The maximum absolute atomic E-state index is 12.1. The SMILES string of the molecule is C=C(C)C(=O)OCC(COC(=O)C(=C)CO)Cc1ccc(C2CCC(c3ccc(-c4ccc(CCCCC)cc4)c(CC)c3)CC2)cc1. The van der Waals surface area contributed by atoms with Gasteiger partial charge in [0.1, 0.15) is 0 Å². The predicted octanol–water partition coefficient (Wildman–Crippen LogP) is 9.46. The van der Waals surface area contributed by atoms with Crippen LogP contribution in [-0.4, -0.2) is 36.9 Å². The first-order chi connectivity index (χ1) is 23.2. The first-order valence-corrected chi connectivity index (χ1v) is 17.8. The van der Waals surface area contributed by atoms with Crippen molar-refractivity contribution >= 4 is 11.9 Å². The highest BCUT2D eigenvalue weighted by molar-refractivity contribution is 5.88. The number of unbranched alkanes of at least 4 members (excludes halogenated alkanes) is 2. The number of rotatable bonds is 17. The molecule has 0 aromatic heterocycles. The second-order valence-electron chi connectivity index (χ2n) is 13.5. The Morgan fingerprint density at radius 3 is 1.96 bits per heavy atom. The predicted molar refractivity (Wildman–Crippen MR) is 195 cm³/mol. The van der Waals surface area contributed by atoms with E-state index >= 15 is 0 Å². The summed E-state index contributed by atoms with van der Waals surface area (Å²) in [5.74, 6) is -0.229. The number of aryl methyl sites for hydroxylation is 2. The molecular formula is C43H54O5. The van der Waals surface area contributed by atoms with Gasteiger partial charge in [0, 0.05) is 11.5 Å². The molecule has 3 aromatic carbocycles. The second-order valence-corrected chi connectivity index (χ2v) is 13.5. The van der Waals surface area contributed by atoms with Gasteiger partial charge in [-0.1, -0.05) is 107 Å². The van der Waals surface area contributed by atoms with Crippen molar-refractivity contribution in [2.24, 2.45) is 5.92 Å². The Balaban J connectivity index is 1.34. The highest BCUT2D eigenvalue weighted by atomic mass is 16.5. The molecule has 1 saturated carbocycles. The van der Waals surface area contributed by atoms with Crippen LogP contribution in [0.3, 0.4) is 0 Å². The molecule has 256 valence electrons. The monoisotopic (exact) mass is 650 g/mol. The summed E-state index contributed by atoms with van der Waals surface area (Å²) >= 11 is 0. The van der Waals surface area contributed by atoms with Gasteiger partial charge in [0.25, 0.3) is 0 Å². The summed E-state index contributed by atoms with van der Waals surface area (Å²) < 4.78 is 10.7. The summed E-state index contributed by atoms with van der Waals surface area (Å²) in [4.78, 5) is 24.1. The van der Waals surface area contributed by atoms with E-state index in [4.69, 9.17) is 9.47 Å². The fourth-order valence-corrected chi connectivity index (χ4v) is 6.73. The average molecular weight is 651 g/mol. The molecule has 0 bridgehead atoms. The van der Waals surface area contributed by atoms with Crippen LogP contribution in [0.5, 0.6) is 0 Å². The van der Waals surface area contributed by atoms with Gasteiger partial charge in [-0.15, -0.1) is 0 Å². The number of esters is 2. The lowest BCUT2D eigenvalue weighted by atomic mass is 9.75. The third-order valence-corrected chi connectivity index (χ3v) is 9.75. The average Bonchev–Trinajstić information content (AvgIpc) is 3.12. The third kappa shape index (κ3) is 10.5. The van der Waals surface area contributed by atoms with Crippen LogP contribution >= 0.6 is 0 Å². The fourth-order valence-electron chi connectivity index (χ4n) is 6.73. The van der Waals surface area contributed by atoms with Gasteiger partial charge in [0.05, 0.1) is 25.4 Å². The fraction of sp³-hybridized carbons (Fsp3) is 0.442. The number of hydrogen-bond acceptors (Lipinski definition) is 5. The van der Waals surface area contributed by atoms with E-state index in [1.54, 1.807) is 6.92 Å². The molecule has 1 unspecified atom stereocenters. The molecule has 1 N–H and O–H groups in total. The van der Waals surface area contributed by atoms with Crippen molar-refractivity contribution in [2.75, 3.05) is 19.8 Å². The third-order valence-electron chi connectivity index (χ3n) is 9.75. The molecule has 1 aliphatic rings.